The highest BCUT2D eigenvalue weighted by Gasteiger charge is 2.51. The number of halogens is 4. The van der Waals surface area contributed by atoms with Crippen LogP contribution in [0.25, 0.3) is 0 Å². The fraction of sp³-hybridized carbons (Fsp3) is 0.250. The molecule has 0 fully saturated rings. The smallest absolute Gasteiger partial charge is 0.338 e. The molecule has 0 aromatic heterocycles. The lowest BCUT2D eigenvalue weighted by molar-refractivity contribution is -0.384. The number of benzene rings is 2. The molecular weight excluding hydrogens is 394 g/mol. The van der Waals surface area contributed by atoms with Crippen LogP contribution in [-0.2, 0) is 4.74 Å². The van der Waals surface area contributed by atoms with Crippen molar-refractivity contribution in [2.45, 2.75) is 30.8 Å². The first kappa shape index (κ1) is 19.1. The lowest BCUT2D eigenvalue weighted by Crippen LogP contribution is -2.45. The fourth-order valence-corrected chi connectivity index (χ4v) is 4.11. The van der Waals surface area contributed by atoms with E-state index in [0.29, 0.717) is 0 Å². The first-order valence-electron chi connectivity index (χ1n) is 8.66. The average Bonchev–Trinajstić information content (AvgIpc) is 2.70. The number of fused-ring (bicyclic) bond motifs is 1. The number of hydrogen-bond acceptors (Lipinski definition) is 4. The Bertz CT molecular complexity index is 1080. The molecule has 0 saturated heterocycles. The van der Waals surface area contributed by atoms with Crippen LogP contribution in [0.15, 0.2) is 36.4 Å². The standard InChI is InChI=1S/C20H13F4NO4/c1-20(29-19(26)9-2-5-11(6-3-9)25(27)28)8-10-4-7-12(20)14-13(10)15(21)17(23)18(24)16(14)22/h2-7,10,12H,8H2,1H3/t10-,12+,20-/m1/s1. The summed E-state index contributed by atoms with van der Waals surface area (Å²) in [5.41, 5.74) is -2.16. The first-order chi connectivity index (χ1) is 13.6. The molecule has 2 bridgehead atoms. The van der Waals surface area contributed by atoms with Gasteiger partial charge in [-0.15, -0.1) is 0 Å². The van der Waals surface area contributed by atoms with Crippen LogP contribution >= 0.6 is 0 Å². The topological polar surface area (TPSA) is 69.4 Å². The van der Waals surface area contributed by atoms with Crippen molar-refractivity contribution in [2.75, 3.05) is 0 Å². The highest BCUT2D eigenvalue weighted by Crippen LogP contribution is 2.54. The van der Waals surface area contributed by atoms with E-state index in [-0.39, 0.29) is 28.8 Å². The molecule has 2 aromatic rings. The quantitative estimate of drug-likeness (QED) is 0.138. The normalized spacial score (nSPS) is 24.3. The van der Waals surface area contributed by atoms with Gasteiger partial charge < -0.3 is 4.74 Å². The van der Waals surface area contributed by atoms with Crippen LogP contribution in [0.4, 0.5) is 23.2 Å². The van der Waals surface area contributed by atoms with Gasteiger partial charge in [-0.3, -0.25) is 10.1 Å². The highest BCUT2D eigenvalue weighted by molar-refractivity contribution is 5.90. The minimum absolute atomic E-state index is 0.0272. The first-order valence-corrected chi connectivity index (χ1v) is 8.66. The Morgan fingerprint density at radius 3 is 2.21 bits per heavy atom. The van der Waals surface area contributed by atoms with E-state index in [2.05, 4.69) is 0 Å². The second-order valence-corrected chi connectivity index (χ2v) is 7.26. The Labute approximate surface area is 161 Å². The molecule has 3 atom stereocenters. The molecule has 0 radical (unpaired) electrons. The molecule has 0 saturated carbocycles. The Balaban J connectivity index is 1.69. The zero-order valence-electron chi connectivity index (χ0n) is 14.9. The van der Waals surface area contributed by atoms with Gasteiger partial charge in [-0.05, 0) is 25.5 Å². The van der Waals surface area contributed by atoms with E-state index in [0.717, 1.165) is 12.1 Å². The van der Waals surface area contributed by atoms with Crippen molar-refractivity contribution in [3.05, 3.63) is 86.5 Å². The van der Waals surface area contributed by atoms with Gasteiger partial charge in [-0.2, -0.15) is 0 Å². The Morgan fingerprint density at radius 2 is 1.62 bits per heavy atom. The van der Waals surface area contributed by atoms with Gasteiger partial charge in [-0.1, -0.05) is 12.2 Å². The van der Waals surface area contributed by atoms with E-state index in [1.165, 1.54) is 25.1 Å². The molecule has 0 N–H and O–H groups in total. The maximum atomic E-state index is 14.5. The van der Waals surface area contributed by atoms with E-state index in [4.69, 9.17) is 4.74 Å². The van der Waals surface area contributed by atoms with Gasteiger partial charge in [0, 0.05) is 35.1 Å². The number of carbonyl (C=O) groups is 1. The van der Waals surface area contributed by atoms with Crippen LogP contribution in [0.1, 0.15) is 46.7 Å². The van der Waals surface area contributed by atoms with Gasteiger partial charge in [-0.25, -0.2) is 22.4 Å². The number of carbonyl (C=O) groups excluding carboxylic acids is 1. The summed E-state index contributed by atoms with van der Waals surface area (Å²) in [7, 11) is 0. The fourth-order valence-electron chi connectivity index (χ4n) is 4.11. The van der Waals surface area contributed by atoms with Crippen LogP contribution in [0, 0.1) is 33.4 Å². The van der Waals surface area contributed by atoms with Crippen LogP contribution in [0.2, 0.25) is 0 Å². The van der Waals surface area contributed by atoms with Crippen LogP contribution < -0.4 is 0 Å². The highest BCUT2D eigenvalue weighted by atomic mass is 19.2. The van der Waals surface area contributed by atoms with Gasteiger partial charge in [0.25, 0.3) is 5.69 Å². The second kappa shape index (κ2) is 6.40. The predicted octanol–water partition coefficient (Wildman–Crippen LogP) is 4.91. The van der Waals surface area contributed by atoms with Gasteiger partial charge in [0.15, 0.2) is 23.3 Å². The number of ether oxygens (including phenoxy) is 1. The summed E-state index contributed by atoms with van der Waals surface area (Å²) in [6.07, 6.45) is 3.08. The summed E-state index contributed by atoms with van der Waals surface area (Å²) in [5.74, 6) is -9.37. The van der Waals surface area contributed by atoms with Crippen LogP contribution in [0.3, 0.4) is 0 Å². The van der Waals surface area contributed by atoms with Crippen molar-refractivity contribution in [3.63, 3.8) is 0 Å². The zero-order chi connectivity index (χ0) is 21.1. The number of nitrogens with zero attached hydrogens (tertiary/aromatic N) is 1. The second-order valence-electron chi connectivity index (χ2n) is 7.26. The van der Waals surface area contributed by atoms with Crippen molar-refractivity contribution in [1.82, 2.24) is 0 Å². The molecule has 0 unspecified atom stereocenters. The summed E-state index contributed by atoms with van der Waals surface area (Å²) >= 11 is 0. The third-order valence-electron chi connectivity index (χ3n) is 5.48. The molecule has 9 heteroatoms. The average molecular weight is 407 g/mol. The molecule has 29 heavy (non-hydrogen) atoms. The lowest BCUT2D eigenvalue weighted by atomic mass is 9.63. The number of rotatable bonds is 3. The van der Waals surface area contributed by atoms with E-state index in [1.54, 1.807) is 6.08 Å². The van der Waals surface area contributed by atoms with Crippen molar-refractivity contribution < 1.29 is 32.0 Å². The van der Waals surface area contributed by atoms with Crippen LogP contribution in [-0.4, -0.2) is 16.5 Å². The van der Waals surface area contributed by atoms with Gasteiger partial charge in [0.1, 0.15) is 5.60 Å². The van der Waals surface area contributed by atoms with Gasteiger partial charge in [0.2, 0.25) is 0 Å². The third kappa shape index (κ3) is 2.80. The number of allylic oxidation sites excluding steroid dienone is 1. The van der Waals surface area contributed by atoms with E-state index in [1.807, 2.05) is 0 Å². The lowest BCUT2D eigenvalue weighted by Gasteiger charge is -2.46. The molecule has 5 rings (SSSR count). The Hall–Kier alpha value is -3.23. The molecule has 0 spiro atoms. The maximum Gasteiger partial charge on any atom is 0.338 e. The van der Waals surface area contributed by atoms with E-state index >= 15 is 0 Å². The number of non-ortho nitro benzene ring substituents is 1. The molecular formula is C20H13F4NO4. The van der Waals surface area contributed by atoms with Crippen molar-refractivity contribution in [3.8, 4) is 0 Å². The number of nitro benzene ring substituents is 1. The molecule has 0 aliphatic heterocycles. The largest absolute Gasteiger partial charge is 0.455 e. The monoisotopic (exact) mass is 407 g/mol. The number of esters is 1. The summed E-state index contributed by atoms with van der Waals surface area (Å²) in [4.78, 5) is 22.6. The Kier molecular flexibility index (Phi) is 4.21. The minimum atomic E-state index is -1.91. The van der Waals surface area contributed by atoms with E-state index in [9.17, 15) is 32.5 Å². The SMILES string of the molecule is C[C@@]1(OC(=O)c2ccc([N+](=O)[O-])cc2)C[C@H]2C=C[C@H]1c1c(F)c(F)c(F)c(F)c12. The summed E-state index contributed by atoms with van der Waals surface area (Å²) < 4.78 is 61.8. The minimum Gasteiger partial charge on any atom is -0.455 e. The maximum absolute atomic E-state index is 14.5. The molecule has 3 aliphatic carbocycles. The van der Waals surface area contributed by atoms with Crippen LogP contribution in [0.5, 0.6) is 0 Å². The summed E-state index contributed by atoms with van der Waals surface area (Å²) in [5, 5.41) is 10.7. The predicted molar refractivity (Wildman–Crippen MR) is 92.4 cm³/mol. The molecule has 0 heterocycles. The summed E-state index contributed by atoms with van der Waals surface area (Å²) in [6.45, 7) is 1.50. The third-order valence-corrected chi connectivity index (χ3v) is 5.48. The molecule has 3 aliphatic rings. The van der Waals surface area contributed by atoms with Crippen molar-refractivity contribution >= 4 is 11.7 Å². The number of nitro groups is 1. The van der Waals surface area contributed by atoms with Gasteiger partial charge >= 0.3 is 5.97 Å². The molecule has 2 aromatic carbocycles. The zero-order valence-corrected chi connectivity index (χ0v) is 14.9. The van der Waals surface area contributed by atoms with Crippen molar-refractivity contribution in [1.29, 1.82) is 0 Å². The van der Waals surface area contributed by atoms with Gasteiger partial charge in [0.05, 0.1) is 10.5 Å². The molecule has 150 valence electrons. The molecule has 5 nitrogen and oxygen atoms in total. The summed E-state index contributed by atoms with van der Waals surface area (Å²) in [6, 6.07) is 4.69. The number of hydrogen-bond donors (Lipinski definition) is 0. The van der Waals surface area contributed by atoms with Crippen molar-refractivity contribution in [2.24, 2.45) is 0 Å². The van der Waals surface area contributed by atoms with E-state index < -0.39 is 51.6 Å². The molecule has 0 amide bonds. The Morgan fingerprint density at radius 1 is 1.03 bits per heavy atom.